The minimum Gasteiger partial charge on any atom is -0.335 e. The Morgan fingerprint density at radius 1 is 1.12 bits per heavy atom. The molecule has 0 radical (unpaired) electrons. The Bertz CT molecular complexity index is 671. The number of aryl methyl sites for hydroxylation is 2. The van der Waals surface area contributed by atoms with Crippen molar-refractivity contribution in [3.05, 3.63) is 11.6 Å². The van der Waals surface area contributed by atoms with Crippen molar-refractivity contribution in [2.24, 2.45) is 23.7 Å². The van der Waals surface area contributed by atoms with Crippen molar-refractivity contribution in [3.63, 3.8) is 0 Å². The van der Waals surface area contributed by atoms with E-state index in [1.165, 1.54) is 32.1 Å². The number of urea groups is 1. The number of carbonyl (C=O) groups is 1. The summed E-state index contributed by atoms with van der Waals surface area (Å²) >= 11 is 0. The van der Waals surface area contributed by atoms with Gasteiger partial charge in [0, 0.05) is 19.0 Å². The average molecular weight is 343 g/mol. The SMILES string of the molecule is CCc1nc2n(n1)CCC[C@@H]2NC(=O)N[C@@H]1C[C@H]2C[C@H]1[C@H]1CCC[C@@H]21. The van der Waals surface area contributed by atoms with Gasteiger partial charge in [0.15, 0.2) is 5.82 Å². The maximum absolute atomic E-state index is 12.6. The molecule has 0 unspecified atom stereocenters. The van der Waals surface area contributed by atoms with Gasteiger partial charge in [-0.05, 0) is 62.2 Å². The summed E-state index contributed by atoms with van der Waals surface area (Å²) in [6.45, 7) is 2.99. The van der Waals surface area contributed by atoms with Crippen LogP contribution in [0.1, 0.15) is 69.6 Å². The molecule has 4 aliphatic rings. The first-order valence-corrected chi connectivity index (χ1v) is 10.2. The van der Waals surface area contributed by atoms with Crippen LogP contribution in [0.4, 0.5) is 4.79 Å². The summed E-state index contributed by atoms with van der Waals surface area (Å²) in [5.74, 6) is 5.26. The highest BCUT2D eigenvalue weighted by atomic mass is 16.2. The molecule has 136 valence electrons. The van der Waals surface area contributed by atoms with E-state index >= 15 is 0 Å². The van der Waals surface area contributed by atoms with Gasteiger partial charge >= 0.3 is 6.03 Å². The van der Waals surface area contributed by atoms with Crippen LogP contribution in [0.3, 0.4) is 0 Å². The second kappa shape index (κ2) is 5.99. The maximum atomic E-state index is 12.6. The Morgan fingerprint density at radius 2 is 2.00 bits per heavy atom. The molecule has 2 amide bonds. The van der Waals surface area contributed by atoms with Crippen LogP contribution in [0, 0.1) is 23.7 Å². The molecule has 3 fully saturated rings. The summed E-state index contributed by atoms with van der Waals surface area (Å²) in [6, 6.07) is 0.378. The lowest BCUT2D eigenvalue weighted by molar-refractivity contribution is 0.194. The van der Waals surface area contributed by atoms with E-state index in [-0.39, 0.29) is 12.1 Å². The quantitative estimate of drug-likeness (QED) is 0.886. The number of nitrogens with one attached hydrogen (secondary N) is 2. The first kappa shape index (κ1) is 15.6. The number of aromatic nitrogens is 3. The van der Waals surface area contributed by atoms with Crippen LogP contribution >= 0.6 is 0 Å². The highest BCUT2D eigenvalue weighted by Crippen LogP contribution is 2.58. The topological polar surface area (TPSA) is 71.8 Å². The fourth-order valence-corrected chi connectivity index (χ4v) is 6.29. The molecule has 6 atom stereocenters. The molecule has 2 bridgehead atoms. The molecule has 0 aromatic carbocycles. The number of hydrogen-bond acceptors (Lipinski definition) is 3. The predicted octanol–water partition coefficient (Wildman–Crippen LogP) is 2.80. The van der Waals surface area contributed by atoms with Gasteiger partial charge in [-0.2, -0.15) is 5.10 Å². The van der Waals surface area contributed by atoms with Crippen LogP contribution in [0.5, 0.6) is 0 Å². The fraction of sp³-hybridized carbons (Fsp3) is 0.842. The minimum absolute atomic E-state index is 0.000584. The third-order valence-corrected chi connectivity index (χ3v) is 7.29. The second-order valence-corrected chi connectivity index (χ2v) is 8.54. The predicted molar refractivity (Wildman–Crippen MR) is 93.9 cm³/mol. The van der Waals surface area contributed by atoms with E-state index < -0.39 is 0 Å². The summed E-state index contributed by atoms with van der Waals surface area (Å²) in [4.78, 5) is 17.3. The molecule has 6 nitrogen and oxygen atoms in total. The molecule has 1 aliphatic heterocycles. The zero-order chi connectivity index (χ0) is 17.0. The van der Waals surface area contributed by atoms with Crippen LogP contribution < -0.4 is 10.6 Å². The van der Waals surface area contributed by atoms with Gasteiger partial charge in [0.1, 0.15) is 5.82 Å². The Balaban J connectivity index is 1.23. The highest BCUT2D eigenvalue weighted by Gasteiger charge is 2.54. The third-order valence-electron chi connectivity index (χ3n) is 7.29. The van der Waals surface area contributed by atoms with E-state index in [2.05, 4.69) is 27.6 Å². The molecule has 2 N–H and O–H groups in total. The molecule has 2 heterocycles. The van der Waals surface area contributed by atoms with Crippen LogP contribution in [0.25, 0.3) is 0 Å². The van der Waals surface area contributed by atoms with Gasteiger partial charge in [-0.25, -0.2) is 14.5 Å². The van der Waals surface area contributed by atoms with E-state index in [0.717, 1.165) is 61.1 Å². The van der Waals surface area contributed by atoms with Crippen LogP contribution in [-0.2, 0) is 13.0 Å². The smallest absolute Gasteiger partial charge is 0.315 e. The number of rotatable bonds is 3. The van der Waals surface area contributed by atoms with Gasteiger partial charge in [-0.3, -0.25) is 0 Å². The van der Waals surface area contributed by atoms with E-state index in [1.54, 1.807) is 0 Å². The molecule has 1 aromatic heterocycles. The molecule has 6 heteroatoms. The number of carbonyl (C=O) groups excluding carboxylic acids is 1. The van der Waals surface area contributed by atoms with Gasteiger partial charge in [0.25, 0.3) is 0 Å². The first-order valence-electron chi connectivity index (χ1n) is 10.2. The van der Waals surface area contributed by atoms with Crippen molar-refractivity contribution >= 4 is 6.03 Å². The van der Waals surface area contributed by atoms with Crippen molar-refractivity contribution in [1.82, 2.24) is 25.4 Å². The zero-order valence-electron chi connectivity index (χ0n) is 15.1. The Kier molecular flexibility index (Phi) is 3.75. The van der Waals surface area contributed by atoms with Gasteiger partial charge in [-0.15, -0.1) is 0 Å². The van der Waals surface area contributed by atoms with Crippen molar-refractivity contribution in [2.75, 3.05) is 0 Å². The van der Waals surface area contributed by atoms with Gasteiger partial charge in [-0.1, -0.05) is 13.3 Å². The van der Waals surface area contributed by atoms with E-state index in [4.69, 9.17) is 0 Å². The van der Waals surface area contributed by atoms with Crippen molar-refractivity contribution in [2.45, 2.75) is 76.9 Å². The Morgan fingerprint density at radius 3 is 2.88 bits per heavy atom. The molecule has 0 spiro atoms. The fourth-order valence-electron chi connectivity index (χ4n) is 6.29. The normalized spacial score (nSPS) is 38.4. The summed E-state index contributed by atoms with van der Waals surface area (Å²) < 4.78 is 1.98. The Labute approximate surface area is 149 Å². The first-order chi connectivity index (χ1) is 12.2. The summed E-state index contributed by atoms with van der Waals surface area (Å²) in [7, 11) is 0. The van der Waals surface area contributed by atoms with E-state index in [9.17, 15) is 4.79 Å². The summed E-state index contributed by atoms with van der Waals surface area (Å²) in [6.07, 6.45) is 9.60. The lowest BCUT2D eigenvalue weighted by Gasteiger charge is -2.32. The zero-order valence-corrected chi connectivity index (χ0v) is 15.1. The number of amides is 2. The molecular formula is C19H29N5O. The second-order valence-electron chi connectivity index (χ2n) is 8.54. The van der Waals surface area contributed by atoms with Crippen molar-refractivity contribution < 1.29 is 4.79 Å². The highest BCUT2D eigenvalue weighted by molar-refractivity contribution is 5.74. The van der Waals surface area contributed by atoms with Crippen LogP contribution in [-0.4, -0.2) is 26.8 Å². The standard InChI is InChI=1S/C19H29N5O/c1-2-17-22-18-15(7-4-8-24(18)23-17)20-19(25)21-16-10-11-9-14(16)13-6-3-5-12(11)13/h11-16H,2-10H2,1H3,(H2,20,21,25)/t11-,12+,13+,14+,15+,16-/m1/s1. The number of nitrogens with zero attached hydrogens (tertiary/aromatic N) is 3. The number of fused-ring (bicyclic) bond motifs is 6. The lowest BCUT2D eigenvalue weighted by atomic mass is 9.79. The minimum atomic E-state index is -0.00778. The van der Waals surface area contributed by atoms with Gasteiger partial charge in [0.05, 0.1) is 6.04 Å². The summed E-state index contributed by atoms with van der Waals surface area (Å²) in [5.41, 5.74) is 0. The molecule has 1 aromatic rings. The molecule has 0 saturated heterocycles. The molecule has 25 heavy (non-hydrogen) atoms. The largest absolute Gasteiger partial charge is 0.335 e. The lowest BCUT2D eigenvalue weighted by Crippen LogP contribution is -2.48. The Hall–Kier alpha value is -1.59. The molecule has 3 aliphatic carbocycles. The van der Waals surface area contributed by atoms with Crippen LogP contribution in [0.2, 0.25) is 0 Å². The molecule has 3 saturated carbocycles. The van der Waals surface area contributed by atoms with E-state index in [1.807, 2.05) is 4.68 Å². The van der Waals surface area contributed by atoms with E-state index in [0.29, 0.717) is 6.04 Å². The maximum Gasteiger partial charge on any atom is 0.315 e. The monoisotopic (exact) mass is 343 g/mol. The van der Waals surface area contributed by atoms with Gasteiger partial charge < -0.3 is 10.6 Å². The van der Waals surface area contributed by atoms with Crippen molar-refractivity contribution in [3.8, 4) is 0 Å². The molecular weight excluding hydrogens is 314 g/mol. The average Bonchev–Trinajstić information content (AvgIpc) is 3.35. The third kappa shape index (κ3) is 2.56. The number of hydrogen-bond donors (Lipinski definition) is 2. The van der Waals surface area contributed by atoms with Gasteiger partial charge in [0.2, 0.25) is 0 Å². The summed E-state index contributed by atoms with van der Waals surface area (Å²) in [5, 5.41) is 11.0. The molecule has 5 rings (SSSR count). The van der Waals surface area contributed by atoms with Crippen molar-refractivity contribution in [1.29, 1.82) is 0 Å². The van der Waals surface area contributed by atoms with Crippen LogP contribution in [0.15, 0.2) is 0 Å².